The molecule has 1 amide bonds. The summed E-state index contributed by atoms with van der Waals surface area (Å²) in [6.07, 6.45) is -1.49. The van der Waals surface area contributed by atoms with Gasteiger partial charge in [-0.05, 0) is 25.7 Å². The number of rotatable bonds is 5. The summed E-state index contributed by atoms with van der Waals surface area (Å²) in [5, 5.41) is 9.26. The molecule has 3 N–H and O–H groups in total. The fourth-order valence-corrected chi connectivity index (χ4v) is 4.05. The number of aromatic nitrogens is 4. The standard InChI is InChI=1S/C20H25F3N8O/c1-9(2)15-17(32)29-14-10(3)26-19(30-16(14)31(15)4)28-13-5-12(6-13)27-18-24-7-11(8-25-18)20(21,22)23/h7-9,12-13,15H,5-6H2,1-4H3,(H,29,32)(H,24,25,27)(H,26,28,30)/t12?,13?,15-/m0/s1. The number of hydrogen-bond acceptors (Lipinski definition) is 8. The summed E-state index contributed by atoms with van der Waals surface area (Å²) in [6, 6.07) is -0.176. The van der Waals surface area contributed by atoms with E-state index in [1.165, 1.54) is 0 Å². The van der Waals surface area contributed by atoms with Crippen molar-refractivity contribution in [3.63, 3.8) is 0 Å². The predicted molar refractivity (Wildman–Crippen MR) is 114 cm³/mol. The largest absolute Gasteiger partial charge is 0.419 e. The van der Waals surface area contributed by atoms with E-state index in [2.05, 4.69) is 35.9 Å². The lowest BCUT2D eigenvalue weighted by atomic mass is 9.87. The van der Waals surface area contributed by atoms with Gasteiger partial charge in [0.25, 0.3) is 0 Å². The number of halogens is 3. The molecule has 172 valence electrons. The topological polar surface area (TPSA) is 108 Å². The summed E-state index contributed by atoms with van der Waals surface area (Å²) < 4.78 is 37.8. The van der Waals surface area contributed by atoms with Gasteiger partial charge in [-0.2, -0.15) is 18.2 Å². The van der Waals surface area contributed by atoms with Crippen LogP contribution in [-0.2, 0) is 11.0 Å². The molecule has 1 saturated carbocycles. The van der Waals surface area contributed by atoms with Gasteiger partial charge in [0.2, 0.25) is 17.8 Å². The minimum absolute atomic E-state index is 0.0373. The lowest BCUT2D eigenvalue weighted by Gasteiger charge is -2.38. The fraction of sp³-hybridized carbons (Fsp3) is 0.550. The zero-order valence-corrected chi connectivity index (χ0v) is 18.2. The fourth-order valence-electron chi connectivity index (χ4n) is 4.05. The summed E-state index contributed by atoms with van der Waals surface area (Å²) in [7, 11) is 1.85. The summed E-state index contributed by atoms with van der Waals surface area (Å²) in [6.45, 7) is 5.80. The quantitative estimate of drug-likeness (QED) is 0.638. The second-order valence-corrected chi connectivity index (χ2v) is 8.57. The molecule has 3 heterocycles. The van der Waals surface area contributed by atoms with E-state index < -0.39 is 11.7 Å². The van der Waals surface area contributed by atoms with E-state index in [-0.39, 0.29) is 35.9 Å². The van der Waals surface area contributed by atoms with Gasteiger partial charge in [-0.25, -0.2) is 15.0 Å². The molecule has 2 aromatic rings. The van der Waals surface area contributed by atoms with Crippen molar-refractivity contribution in [3.8, 4) is 0 Å². The first-order valence-corrected chi connectivity index (χ1v) is 10.4. The van der Waals surface area contributed by atoms with Gasteiger partial charge in [-0.3, -0.25) is 4.79 Å². The third-order valence-corrected chi connectivity index (χ3v) is 5.75. The number of nitrogens with zero attached hydrogens (tertiary/aromatic N) is 5. The van der Waals surface area contributed by atoms with Crippen molar-refractivity contribution < 1.29 is 18.0 Å². The van der Waals surface area contributed by atoms with Crippen molar-refractivity contribution in [2.45, 2.75) is 57.9 Å². The van der Waals surface area contributed by atoms with Gasteiger partial charge >= 0.3 is 6.18 Å². The molecule has 0 bridgehead atoms. The van der Waals surface area contributed by atoms with Gasteiger partial charge in [0, 0.05) is 31.5 Å². The second-order valence-electron chi connectivity index (χ2n) is 8.57. The molecule has 9 nitrogen and oxygen atoms in total. The minimum Gasteiger partial charge on any atom is -0.351 e. The number of amides is 1. The predicted octanol–water partition coefficient (Wildman–Crippen LogP) is 3.06. The van der Waals surface area contributed by atoms with Gasteiger partial charge in [-0.15, -0.1) is 0 Å². The lowest BCUT2D eigenvalue weighted by molar-refractivity contribution is -0.138. The van der Waals surface area contributed by atoms with E-state index >= 15 is 0 Å². The van der Waals surface area contributed by atoms with Crippen LogP contribution in [0.3, 0.4) is 0 Å². The van der Waals surface area contributed by atoms with E-state index in [1.54, 1.807) is 0 Å². The molecular formula is C20H25F3N8O. The van der Waals surface area contributed by atoms with Crippen LogP contribution >= 0.6 is 0 Å². The number of hydrogen-bond donors (Lipinski definition) is 3. The average molecular weight is 450 g/mol. The number of alkyl halides is 3. The summed E-state index contributed by atoms with van der Waals surface area (Å²) in [5.41, 5.74) is 0.414. The molecule has 12 heteroatoms. The highest BCUT2D eigenvalue weighted by atomic mass is 19.4. The maximum Gasteiger partial charge on any atom is 0.419 e. The molecule has 1 aliphatic carbocycles. The molecule has 1 aliphatic heterocycles. The van der Waals surface area contributed by atoms with Gasteiger partial charge in [0.15, 0.2) is 5.82 Å². The van der Waals surface area contributed by atoms with Crippen LogP contribution in [0.1, 0.15) is 37.9 Å². The number of carbonyl (C=O) groups excluding carboxylic acids is 1. The maximum absolute atomic E-state index is 12.6. The molecule has 0 aromatic carbocycles. The Morgan fingerprint density at radius 3 is 2.25 bits per heavy atom. The number of fused-ring (bicyclic) bond motifs is 1. The van der Waals surface area contributed by atoms with Gasteiger partial charge in [-0.1, -0.05) is 13.8 Å². The van der Waals surface area contributed by atoms with E-state index in [0.29, 0.717) is 36.0 Å². The summed E-state index contributed by atoms with van der Waals surface area (Å²) in [4.78, 5) is 30.9. The van der Waals surface area contributed by atoms with Gasteiger partial charge in [0.05, 0.1) is 11.3 Å². The molecule has 1 fully saturated rings. The Labute approximate surface area is 183 Å². The Kier molecular flexibility index (Phi) is 5.55. The normalized spacial score (nSPS) is 22.8. The Balaban J connectivity index is 1.37. The Morgan fingerprint density at radius 1 is 1.09 bits per heavy atom. The molecule has 4 rings (SSSR count). The van der Waals surface area contributed by atoms with Gasteiger partial charge < -0.3 is 20.9 Å². The van der Waals surface area contributed by atoms with Crippen LogP contribution in [0, 0.1) is 12.8 Å². The SMILES string of the molecule is Cc1nc(NC2CC(Nc3ncc(C(F)(F)F)cn3)C2)nc2c1NC(=O)[C@H](C(C)C)N2C. The maximum atomic E-state index is 12.6. The number of anilines is 4. The van der Waals surface area contributed by atoms with Crippen molar-refractivity contribution in [1.82, 2.24) is 19.9 Å². The third-order valence-electron chi connectivity index (χ3n) is 5.75. The summed E-state index contributed by atoms with van der Waals surface area (Å²) >= 11 is 0. The molecular weight excluding hydrogens is 425 g/mol. The van der Waals surface area contributed by atoms with Crippen molar-refractivity contribution >= 4 is 29.3 Å². The third kappa shape index (κ3) is 4.26. The van der Waals surface area contributed by atoms with Crippen LogP contribution in [0.4, 0.5) is 36.6 Å². The summed E-state index contributed by atoms with van der Waals surface area (Å²) in [5.74, 6) is 1.36. The average Bonchev–Trinajstić information content (AvgIpc) is 2.67. The van der Waals surface area contributed by atoms with E-state index in [0.717, 1.165) is 12.4 Å². The highest BCUT2D eigenvalue weighted by Gasteiger charge is 2.36. The number of carbonyl (C=O) groups is 1. The first-order chi connectivity index (χ1) is 15.0. The van der Waals surface area contributed by atoms with Crippen LogP contribution in [-0.4, -0.2) is 51.0 Å². The van der Waals surface area contributed by atoms with Crippen LogP contribution in [0.2, 0.25) is 0 Å². The molecule has 0 saturated heterocycles. The smallest absolute Gasteiger partial charge is 0.351 e. The van der Waals surface area contributed by atoms with Crippen molar-refractivity contribution in [1.29, 1.82) is 0 Å². The first kappa shape index (κ1) is 22.0. The zero-order valence-electron chi connectivity index (χ0n) is 18.2. The molecule has 32 heavy (non-hydrogen) atoms. The molecule has 2 aliphatic rings. The van der Waals surface area contributed by atoms with E-state index in [9.17, 15) is 18.0 Å². The first-order valence-electron chi connectivity index (χ1n) is 10.4. The van der Waals surface area contributed by atoms with E-state index in [4.69, 9.17) is 0 Å². The monoisotopic (exact) mass is 450 g/mol. The van der Waals surface area contributed by atoms with Crippen molar-refractivity contribution in [3.05, 3.63) is 23.7 Å². The number of nitrogens with one attached hydrogen (secondary N) is 3. The van der Waals surface area contributed by atoms with Crippen molar-refractivity contribution in [2.75, 3.05) is 27.9 Å². The molecule has 1 atom stereocenters. The lowest BCUT2D eigenvalue weighted by Crippen LogP contribution is -2.50. The highest BCUT2D eigenvalue weighted by Crippen LogP contribution is 2.35. The second kappa shape index (κ2) is 8.06. The Bertz CT molecular complexity index is 1010. The van der Waals surface area contributed by atoms with Crippen LogP contribution in [0.15, 0.2) is 12.4 Å². The number of likely N-dealkylation sites (N-methyl/N-ethyl adjacent to an activating group) is 1. The van der Waals surface area contributed by atoms with Crippen molar-refractivity contribution in [2.24, 2.45) is 5.92 Å². The van der Waals surface area contributed by atoms with Crippen LogP contribution in [0.25, 0.3) is 0 Å². The minimum atomic E-state index is -4.46. The molecule has 2 aromatic heterocycles. The Morgan fingerprint density at radius 2 is 1.69 bits per heavy atom. The van der Waals surface area contributed by atoms with Crippen LogP contribution < -0.4 is 20.9 Å². The van der Waals surface area contributed by atoms with E-state index in [1.807, 2.05) is 32.7 Å². The Hall–Kier alpha value is -3.18. The number of aryl methyl sites for hydroxylation is 1. The van der Waals surface area contributed by atoms with Gasteiger partial charge in [0.1, 0.15) is 11.7 Å². The molecule has 0 radical (unpaired) electrons. The zero-order chi connectivity index (χ0) is 23.2. The molecule has 0 unspecified atom stereocenters. The van der Waals surface area contributed by atoms with Crippen LogP contribution in [0.5, 0.6) is 0 Å². The highest BCUT2D eigenvalue weighted by molar-refractivity contribution is 6.03. The molecule has 0 spiro atoms.